The summed E-state index contributed by atoms with van der Waals surface area (Å²) in [7, 11) is 0. The van der Waals surface area contributed by atoms with E-state index in [1.165, 1.54) is 12.8 Å². The first kappa shape index (κ1) is 18.1. The Morgan fingerprint density at radius 3 is 2.50 bits per heavy atom. The molecule has 0 bridgehead atoms. The molecule has 0 radical (unpaired) electrons. The van der Waals surface area contributed by atoms with Gasteiger partial charge in [0.15, 0.2) is 0 Å². The molecule has 0 aliphatic heterocycles. The van der Waals surface area contributed by atoms with Crippen LogP contribution < -0.4 is 5.32 Å². The molecule has 3 atom stereocenters. The van der Waals surface area contributed by atoms with Gasteiger partial charge in [0, 0.05) is 5.75 Å². The first-order valence-corrected chi connectivity index (χ1v) is 8.86. The molecule has 20 heavy (non-hydrogen) atoms. The van der Waals surface area contributed by atoms with Crippen LogP contribution in [0, 0.1) is 17.8 Å². The minimum absolute atomic E-state index is 0.146. The first-order chi connectivity index (χ1) is 9.46. The van der Waals surface area contributed by atoms with E-state index in [0.29, 0.717) is 18.3 Å². The summed E-state index contributed by atoms with van der Waals surface area (Å²) < 4.78 is 36.7. The van der Waals surface area contributed by atoms with Crippen LogP contribution >= 0.6 is 11.8 Å². The van der Waals surface area contributed by atoms with Crippen molar-refractivity contribution in [2.75, 3.05) is 18.8 Å². The Morgan fingerprint density at radius 1 is 1.15 bits per heavy atom. The molecule has 1 rings (SSSR count). The van der Waals surface area contributed by atoms with E-state index in [1.807, 2.05) is 0 Å². The molecule has 120 valence electrons. The molecule has 1 aliphatic carbocycles. The molecule has 1 N–H and O–H groups in total. The Balaban J connectivity index is 2.40. The van der Waals surface area contributed by atoms with Gasteiger partial charge in [0.2, 0.25) is 0 Å². The summed E-state index contributed by atoms with van der Waals surface area (Å²) in [6.45, 7) is 6.32. The zero-order valence-electron chi connectivity index (χ0n) is 12.6. The van der Waals surface area contributed by atoms with Crippen LogP contribution in [0.2, 0.25) is 0 Å². The normalized spacial score (nSPS) is 27.8. The van der Waals surface area contributed by atoms with Crippen LogP contribution in [0.25, 0.3) is 0 Å². The molecule has 0 saturated heterocycles. The number of thioether (sulfide) groups is 1. The van der Waals surface area contributed by atoms with Gasteiger partial charge in [-0.15, -0.1) is 0 Å². The molecule has 0 aromatic carbocycles. The summed E-state index contributed by atoms with van der Waals surface area (Å²) in [5.74, 6) is 1.97. The van der Waals surface area contributed by atoms with Gasteiger partial charge in [-0.3, -0.25) is 0 Å². The largest absolute Gasteiger partial charge is 0.441 e. The van der Waals surface area contributed by atoms with Gasteiger partial charge in [-0.05, 0) is 56.5 Å². The highest BCUT2D eigenvalue weighted by atomic mass is 32.2. The molecule has 1 saturated carbocycles. The molecular weight excluding hydrogens is 283 g/mol. The minimum atomic E-state index is -4.07. The van der Waals surface area contributed by atoms with Gasteiger partial charge in [-0.2, -0.15) is 13.2 Å². The van der Waals surface area contributed by atoms with E-state index in [0.717, 1.165) is 38.3 Å². The summed E-state index contributed by atoms with van der Waals surface area (Å²) in [5.41, 5.74) is -4.07. The summed E-state index contributed by atoms with van der Waals surface area (Å²) in [4.78, 5) is 0. The predicted molar refractivity (Wildman–Crippen MR) is 80.9 cm³/mol. The van der Waals surface area contributed by atoms with E-state index in [4.69, 9.17) is 0 Å². The molecule has 0 amide bonds. The zero-order valence-corrected chi connectivity index (χ0v) is 13.5. The maximum absolute atomic E-state index is 12.2. The maximum atomic E-state index is 12.2. The molecule has 0 aromatic rings. The van der Waals surface area contributed by atoms with Crippen molar-refractivity contribution in [3.63, 3.8) is 0 Å². The Bertz CT molecular complexity index is 256. The number of hydrogen-bond acceptors (Lipinski definition) is 2. The van der Waals surface area contributed by atoms with Crippen LogP contribution in [0.15, 0.2) is 0 Å². The number of rotatable bonds is 8. The number of halogens is 3. The first-order valence-electron chi connectivity index (χ1n) is 7.87. The standard InChI is InChI=1S/C15H28F3NS/c1-3-8-19-11-14-6-5-12(4-2)10-13(14)7-9-20-15(16,17)18/h12-14,19H,3-11H2,1-2H3. The van der Waals surface area contributed by atoms with Crippen molar-refractivity contribution in [1.29, 1.82) is 0 Å². The Hall–Kier alpha value is 0.100. The van der Waals surface area contributed by atoms with Crippen molar-refractivity contribution in [3.8, 4) is 0 Å². The van der Waals surface area contributed by atoms with Gasteiger partial charge in [-0.1, -0.05) is 38.5 Å². The van der Waals surface area contributed by atoms with Crippen LogP contribution in [-0.4, -0.2) is 24.4 Å². The molecule has 0 aromatic heterocycles. The number of nitrogens with one attached hydrogen (secondary N) is 1. The van der Waals surface area contributed by atoms with Crippen molar-refractivity contribution < 1.29 is 13.2 Å². The second-order valence-electron chi connectivity index (χ2n) is 5.89. The van der Waals surface area contributed by atoms with Crippen molar-refractivity contribution in [2.45, 2.75) is 57.9 Å². The lowest BCUT2D eigenvalue weighted by Crippen LogP contribution is -2.33. The highest BCUT2D eigenvalue weighted by Crippen LogP contribution is 2.39. The second-order valence-corrected chi connectivity index (χ2v) is 7.05. The number of alkyl halides is 3. The Labute approximate surface area is 125 Å². The lowest BCUT2D eigenvalue weighted by molar-refractivity contribution is -0.0329. The number of hydrogen-bond donors (Lipinski definition) is 1. The minimum Gasteiger partial charge on any atom is -0.316 e. The van der Waals surface area contributed by atoms with Crippen LogP contribution in [0.3, 0.4) is 0 Å². The monoisotopic (exact) mass is 311 g/mol. The summed E-state index contributed by atoms with van der Waals surface area (Å²) in [6.07, 6.45) is 6.53. The van der Waals surface area contributed by atoms with Gasteiger partial charge < -0.3 is 5.32 Å². The van der Waals surface area contributed by atoms with E-state index in [9.17, 15) is 13.2 Å². The van der Waals surface area contributed by atoms with Crippen molar-refractivity contribution >= 4 is 11.8 Å². The van der Waals surface area contributed by atoms with Gasteiger partial charge in [-0.25, -0.2) is 0 Å². The third-order valence-corrected chi connectivity index (χ3v) is 5.18. The van der Waals surface area contributed by atoms with E-state index >= 15 is 0 Å². The van der Waals surface area contributed by atoms with Gasteiger partial charge >= 0.3 is 5.51 Å². The van der Waals surface area contributed by atoms with Crippen molar-refractivity contribution in [2.24, 2.45) is 17.8 Å². The maximum Gasteiger partial charge on any atom is 0.441 e. The molecule has 0 heterocycles. The zero-order chi connectivity index (χ0) is 15.0. The summed E-state index contributed by atoms with van der Waals surface area (Å²) >= 11 is 0.146. The summed E-state index contributed by atoms with van der Waals surface area (Å²) in [5, 5.41) is 3.45. The van der Waals surface area contributed by atoms with E-state index in [2.05, 4.69) is 19.2 Å². The lowest BCUT2D eigenvalue weighted by Gasteiger charge is -2.36. The Kier molecular flexibility index (Phi) is 8.34. The molecule has 1 aliphatic rings. The topological polar surface area (TPSA) is 12.0 Å². The SMILES string of the molecule is CCCNCC1CCC(CC)CC1CCSC(F)(F)F. The Morgan fingerprint density at radius 2 is 1.90 bits per heavy atom. The van der Waals surface area contributed by atoms with E-state index < -0.39 is 5.51 Å². The highest BCUT2D eigenvalue weighted by molar-refractivity contribution is 8.00. The highest BCUT2D eigenvalue weighted by Gasteiger charge is 2.32. The summed E-state index contributed by atoms with van der Waals surface area (Å²) in [6, 6.07) is 0. The molecule has 1 fully saturated rings. The quantitative estimate of drug-likeness (QED) is 0.628. The van der Waals surface area contributed by atoms with E-state index in [1.54, 1.807) is 0 Å². The van der Waals surface area contributed by atoms with Gasteiger partial charge in [0.1, 0.15) is 0 Å². The smallest absolute Gasteiger partial charge is 0.316 e. The fourth-order valence-corrected chi connectivity index (χ4v) is 3.86. The fraction of sp³-hybridized carbons (Fsp3) is 1.00. The van der Waals surface area contributed by atoms with Crippen LogP contribution in [0.5, 0.6) is 0 Å². The average Bonchev–Trinajstić information content (AvgIpc) is 2.39. The van der Waals surface area contributed by atoms with Crippen molar-refractivity contribution in [3.05, 3.63) is 0 Å². The third kappa shape index (κ3) is 7.21. The van der Waals surface area contributed by atoms with Crippen LogP contribution in [0.4, 0.5) is 13.2 Å². The lowest BCUT2D eigenvalue weighted by atomic mass is 9.72. The molecular formula is C15H28F3NS. The van der Waals surface area contributed by atoms with Crippen LogP contribution in [0.1, 0.15) is 52.4 Å². The molecule has 1 nitrogen and oxygen atoms in total. The molecule has 0 spiro atoms. The second kappa shape index (κ2) is 9.19. The molecule has 5 heteroatoms. The predicted octanol–water partition coefficient (Wildman–Crippen LogP) is 5.07. The third-order valence-electron chi connectivity index (χ3n) is 4.41. The van der Waals surface area contributed by atoms with Gasteiger partial charge in [0.25, 0.3) is 0 Å². The van der Waals surface area contributed by atoms with E-state index in [-0.39, 0.29) is 17.5 Å². The molecule has 3 unspecified atom stereocenters. The van der Waals surface area contributed by atoms with Crippen molar-refractivity contribution in [1.82, 2.24) is 5.32 Å². The van der Waals surface area contributed by atoms with Crippen LogP contribution in [-0.2, 0) is 0 Å². The average molecular weight is 311 g/mol. The van der Waals surface area contributed by atoms with Gasteiger partial charge in [0.05, 0.1) is 0 Å². The fourth-order valence-electron chi connectivity index (χ4n) is 3.21.